The number of nitrogens with one attached hydrogen (secondary N) is 1. The first kappa shape index (κ1) is 23.0. The van der Waals surface area contributed by atoms with Gasteiger partial charge in [0.1, 0.15) is 17.6 Å². The molecule has 1 aromatic carbocycles. The predicted octanol–water partition coefficient (Wildman–Crippen LogP) is 3.90. The maximum Gasteiger partial charge on any atom is 0.127 e. The van der Waals surface area contributed by atoms with Crippen LogP contribution in [-0.2, 0) is 4.74 Å². The third-order valence-electron chi connectivity index (χ3n) is 6.42. The van der Waals surface area contributed by atoms with Crippen LogP contribution in [0.2, 0.25) is 0 Å². The average Bonchev–Trinajstić information content (AvgIpc) is 2.91. The second-order valence-electron chi connectivity index (χ2n) is 8.66. The number of benzene rings is 1. The van der Waals surface area contributed by atoms with Gasteiger partial charge in [0.2, 0.25) is 0 Å². The lowest BCUT2D eigenvalue weighted by atomic mass is 9.96. The van der Waals surface area contributed by atoms with Gasteiger partial charge in [-0.15, -0.1) is 0 Å². The van der Waals surface area contributed by atoms with Crippen molar-refractivity contribution in [1.29, 1.82) is 5.26 Å². The van der Waals surface area contributed by atoms with Crippen LogP contribution in [0, 0.1) is 17.1 Å². The maximum absolute atomic E-state index is 14.4. The number of methoxy groups -OCH3 is 1. The van der Waals surface area contributed by atoms with Crippen molar-refractivity contribution in [2.45, 2.75) is 18.6 Å². The molecule has 1 N–H and O–H groups in total. The van der Waals surface area contributed by atoms with Crippen LogP contribution in [0.3, 0.4) is 0 Å². The fourth-order valence-electron chi connectivity index (χ4n) is 4.76. The molecule has 0 bridgehead atoms. The third kappa shape index (κ3) is 5.02. The van der Waals surface area contributed by atoms with Gasteiger partial charge in [-0.05, 0) is 35.7 Å². The van der Waals surface area contributed by atoms with Gasteiger partial charge in [0.25, 0.3) is 0 Å². The Kier molecular flexibility index (Phi) is 6.70. The Morgan fingerprint density at radius 3 is 2.91 bits per heavy atom. The average molecular weight is 472 g/mol. The van der Waals surface area contributed by atoms with E-state index in [0.29, 0.717) is 36.1 Å². The largest absolute Gasteiger partial charge is 0.497 e. The summed E-state index contributed by atoms with van der Waals surface area (Å²) in [5.74, 6) is 0.0778. The van der Waals surface area contributed by atoms with Crippen molar-refractivity contribution in [2.24, 2.45) is 0 Å². The third-order valence-corrected chi connectivity index (χ3v) is 6.42. The lowest BCUT2D eigenvalue weighted by molar-refractivity contribution is -0.00901. The molecule has 4 heterocycles. The lowest BCUT2D eigenvalue weighted by Crippen LogP contribution is -2.58. The molecule has 5 rings (SSSR count). The lowest BCUT2D eigenvalue weighted by Gasteiger charge is -2.43. The molecule has 2 aromatic heterocycles. The smallest absolute Gasteiger partial charge is 0.127 e. The Balaban J connectivity index is 1.59. The molecule has 2 aliphatic rings. The Morgan fingerprint density at radius 1 is 1.17 bits per heavy atom. The van der Waals surface area contributed by atoms with E-state index in [1.165, 1.54) is 25.4 Å². The SMILES string of the molecule is COc1cc(F)cc(-c2cncc(C=Cc3cncc(C#N)c3)c2N2CC[C@@H]3NCCO[C@H]3C2)c1. The van der Waals surface area contributed by atoms with Gasteiger partial charge in [-0.1, -0.05) is 12.2 Å². The number of aromatic nitrogens is 2. The summed E-state index contributed by atoms with van der Waals surface area (Å²) in [7, 11) is 1.53. The molecule has 7 nitrogen and oxygen atoms in total. The van der Waals surface area contributed by atoms with Gasteiger partial charge in [-0.25, -0.2) is 4.39 Å². The number of anilines is 1. The number of rotatable bonds is 5. The summed E-state index contributed by atoms with van der Waals surface area (Å²) in [5.41, 5.74) is 4.66. The van der Waals surface area contributed by atoms with Gasteiger partial charge in [0, 0.05) is 67.7 Å². The highest BCUT2D eigenvalue weighted by Crippen LogP contribution is 2.38. The molecule has 2 fully saturated rings. The van der Waals surface area contributed by atoms with Crippen molar-refractivity contribution in [3.8, 4) is 22.9 Å². The number of ether oxygens (including phenoxy) is 2. The Morgan fingerprint density at radius 2 is 2.06 bits per heavy atom. The minimum Gasteiger partial charge on any atom is -0.497 e. The number of morpholine rings is 1. The van der Waals surface area contributed by atoms with Gasteiger partial charge in [0.15, 0.2) is 0 Å². The number of pyridine rings is 2. The normalized spacial score (nSPS) is 19.9. The summed E-state index contributed by atoms with van der Waals surface area (Å²) in [6.07, 6.45) is 11.7. The van der Waals surface area contributed by atoms with Crippen molar-refractivity contribution < 1.29 is 13.9 Å². The molecular formula is C27H26FN5O2. The fourth-order valence-corrected chi connectivity index (χ4v) is 4.76. The number of hydrogen-bond donors (Lipinski definition) is 1. The van der Waals surface area contributed by atoms with Crippen molar-refractivity contribution in [2.75, 3.05) is 38.3 Å². The van der Waals surface area contributed by atoms with Crippen molar-refractivity contribution in [3.63, 3.8) is 0 Å². The number of nitriles is 1. The minimum atomic E-state index is -0.371. The highest BCUT2D eigenvalue weighted by atomic mass is 19.1. The monoisotopic (exact) mass is 471 g/mol. The van der Waals surface area contributed by atoms with E-state index in [2.05, 4.69) is 26.3 Å². The highest BCUT2D eigenvalue weighted by Gasteiger charge is 2.33. The zero-order valence-electron chi connectivity index (χ0n) is 19.4. The van der Waals surface area contributed by atoms with Crippen LogP contribution >= 0.6 is 0 Å². The first-order valence-corrected chi connectivity index (χ1v) is 11.6. The maximum atomic E-state index is 14.4. The summed E-state index contributed by atoms with van der Waals surface area (Å²) < 4.78 is 25.8. The zero-order chi connectivity index (χ0) is 24.2. The van der Waals surface area contributed by atoms with Gasteiger partial charge in [-0.3, -0.25) is 9.97 Å². The molecule has 8 heteroatoms. The number of halogens is 1. The minimum absolute atomic E-state index is 0.0777. The van der Waals surface area contributed by atoms with Crippen molar-refractivity contribution in [1.82, 2.24) is 15.3 Å². The summed E-state index contributed by atoms with van der Waals surface area (Å²) in [4.78, 5) is 10.9. The van der Waals surface area contributed by atoms with E-state index >= 15 is 0 Å². The summed E-state index contributed by atoms with van der Waals surface area (Å²) in [6.45, 7) is 3.10. The summed E-state index contributed by atoms with van der Waals surface area (Å²) in [5, 5.41) is 12.8. The molecule has 0 saturated carbocycles. The van der Waals surface area contributed by atoms with Gasteiger partial charge < -0.3 is 19.7 Å². The second kappa shape index (κ2) is 10.2. The predicted molar refractivity (Wildman–Crippen MR) is 132 cm³/mol. The number of nitrogens with zero attached hydrogens (tertiary/aromatic N) is 4. The first-order valence-electron chi connectivity index (χ1n) is 11.6. The van der Waals surface area contributed by atoms with Crippen molar-refractivity contribution >= 4 is 17.8 Å². The molecular weight excluding hydrogens is 445 g/mol. The molecule has 0 radical (unpaired) electrons. The number of hydrogen-bond acceptors (Lipinski definition) is 7. The quantitative estimate of drug-likeness (QED) is 0.604. The van der Waals surface area contributed by atoms with Gasteiger partial charge in [-0.2, -0.15) is 5.26 Å². The molecule has 2 aliphatic heterocycles. The van der Waals surface area contributed by atoms with E-state index < -0.39 is 0 Å². The summed E-state index contributed by atoms with van der Waals surface area (Å²) in [6, 6.07) is 8.92. The van der Waals surface area contributed by atoms with Gasteiger partial charge in [0.05, 0.1) is 31.1 Å². The van der Waals surface area contributed by atoms with E-state index in [1.807, 2.05) is 18.2 Å². The molecule has 0 unspecified atom stereocenters. The van der Waals surface area contributed by atoms with Crippen LogP contribution in [0.4, 0.5) is 10.1 Å². The number of piperidine rings is 1. The van der Waals surface area contributed by atoms with Crippen LogP contribution in [0.15, 0.2) is 49.1 Å². The van der Waals surface area contributed by atoms with Crippen LogP contribution in [0.5, 0.6) is 5.75 Å². The molecule has 2 saturated heterocycles. The van der Waals surface area contributed by atoms with E-state index in [0.717, 1.165) is 41.9 Å². The standard InChI is InChI=1S/C27H26FN5O2/c1-34-23-10-21(9-22(28)11-23)24-16-31-15-20(3-2-18-8-19(12-29)14-30-13-18)27(24)33-6-4-25-26(17-33)35-7-5-32-25/h2-3,8-11,13-16,25-26,32H,4-7,17H2,1H3/t25-,26-/m0/s1. The highest BCUT2D eigenvalue weighted by molar-refractivity contribution is 5.87. The van der Waals surface area contributed by atoms with Crippen LogP contribution in [-0.4, -0.2) is 55.5 Å². The molecule has 3 aromatic rings. The van der Waals surface area contributed by atoms with E-state index in [9.17, 15) is 9.65 Å². The first-order chi connectivity index (χ1) is 17.1. The zero-order valence-corrected chi connectivity index (χ0v) is 19.4. The molecule has 178 valence electrons. The van der Waals surface area contributed by atoms with Gasteiger partial charge >= 0.3 is 0 Å². The van der Waals surface area contributed by atoms with Crippen molar-refractivity contribution in [3.05, 3.63) is 71.6 Å². The Labute approximate surface area is 203 Å². The van der Waals surface area contributed by atoms with E-state index in [1.54, 1.807) is 24.7 Å². The molecule has 0 spiro atoms. The Hall–Kier alpha value is -3.80. The topological polar surface area (TPSA) is 83.3 Å². The molecule has 0 aliphatic carbocycles. The molecule has 2 atom stereocenters. The molecule has 0 amide bonds. The molecule has 35 heavy (non-hydrogen) atoms. The fraction of sp³-hybridized carbons (Fsp3) is 0.296. The van der Waals surface area contributed by atoms with Crippen LogP contribution < -0.4 is 15.0 Å². The Bertz CT molecular complexity index is 1290. The van der Waals surface area contributed by atoms with Crippen LogP contribution in [0.25, 0.3) is 23.3 Å². The van der Waals surface area contributed by atoms with E-state index in [4.69, 9.17) is 9.47 Å². The van der Waals surface area contributed by atoms with E-state index in [-0.39, 0.29) is 11.9 Å². The number of fused-ring (bicyclic) bond motifs is 1. The second-order valence-corrected chi connectivity index (χ2v) is 8.66. The summed E-state index contributed by atoms with van der Waals surface area (Å²) >= 11 is 0. The van der Waals surface area contributed by atoms with Crippen LogP contribution in [0.1, 0.15) is 23.1 Å².